The van der Waals surface area contributed by atoms with Crippen LogP contribution >= 0.6 is 22.9 Å². The first-order valence-electron chi connectivity index (χ1n) is 9.16. The summed E-state index contributed by atoms with van der Waals surface area (Å²) in [6.07, 6.45) is 2.38. The number of likely N-dealkylation sites (tertiary alicyclic amines) is 1. The number of aromatic nitrogens is 1. The van der Waals surface area contributed by atoms with E-state index in [1.165, 1.54) is 5.56 Å². The molecule has 0 N–H and O–H groups in total. The van der Waals surface area contributed by atoms with Gasteiger partial charge in [0.05, 0.1) is 18.2 Å². The minimum Gasteiger partial charge on any atom is -0.335 e. The van der Waals surface area contributed by atoms with Crippen molar-refractivity contribution >= 4 is 28.8 Å². The lowest BCUT2D eigenvalue weighted by atomic mass is 10.0. The number of benzene rings is 2. The number of hydrogen-bond donors (Lipinski definition) is 0. The summed E-state index contributed by atoms with van der Waals surface area (Å²) in [6.45, 7) is 2.88. The molecule has 4 rings (SSSR count). The molecule has 5 heteroatoms. The first-order chi connectivity index (χ1) is 13.1. The summed E-state index contributed by atoms with van der Waals surface area (Å²) in [5.41, 5.74) is 4.33. The molecule has 1 aliphatic heterocycles. The Bertz CT molecular complexity index is 951. The predicted octanol–water partition coefficient (Wildman–Crippen LogP) is 5.68. The minimum atomic E-state index is 0.143. The molecule has 27 heavy (non-hydrogen) atoms. The fourth-order valence-corrected chi connectivity index (χ4v) is 4.59. The van der Waals surface area contributed by atoms with Crippen molar-refractivity contribution < 1.29 is 4.79 Å². The number of thiazole rings is 1. The topological polar surface area (TPSA) is 33.2 Å². The second-order valence-corrected chi connectivity index (χ2v) is 8.28. The number of hydrogen-bond acceptors (Lipinski definition) is 3. The molecule has 2 heterocycles. The van der Waals surface area contributed by atoms with Crippen molar-refractivity contribution in [2.75, 3.05) is 6.54 Å². The first kappa shape index (κ1) is 18.2. The number of carbonyl (C=O) groups is 1. The summed E-state index contributed by atoms with van der Waals surface area (Å²) in [4.78, 5) is 19.6. The second-order valence-electron chi connectivity index (χ2n) is 6.99. The lowest BCUT2D eigenvalue weighted by Crippen LogP contribution is -2.31. The molecule has 0 radical (unpaired) electrons. The number of nitrogens with zero attached hydrogens (tertiary/aromatic N) is 2. The average Bonchev–Trinajstić information content (AvgIpc) is 3.32. The number of carbonyl (C=O) groups excluding carboxylic acids is 1. The number of halogens is 1. The number of aryl methyl sites for hydroxylation is 1. The number of amides is 1. The molecular weight excluding hydrogens is 376 g/mol. The van der Waals surface area contributed by atoms with E-state index in [9.17, 15) is 4.79 Å². The van der Waals surface area contributed by atoms with Gasteiger partial charge in [0.25, 0.3) is 0 Å². The maximum absolute atomic E-state index is 12.9. The normalized spacial score (nSPS) is 16.7. The van der Waals surface area contributed by atoms with Gasteiger partial charge in [-0.15, -0.1) is 11.3 Å². The zero-order chi connectivity index (χ0) is 18.8. The fourth-order valence-electron chi connectivity index (χ4n) is 3.65. The van der Waals surface area contributed by atoms with Crippen molar-refractivity contribution in [2.45, 2.75) is 32.2 Å². The van der Waals surface area contributed by atoms with Crippen molar-refractivity contribution in [2.24, 2.45) is 0 Å². The molecule has 1 atom stereocenters. The molecule has 3 aromatic rings. The second kappa shape index (κ2) is 7.83. The molecule has 0 aliphatic carbocycles. The van der Waals surface area contributed by atoms with Crippen LogP contribution in [0.2, 0.25) is 5.02 Å². The molecule has 0 spiro atoms. The summed E-state index contributed by atoms with van der Waals surface area (Å²) < 4.78 is 0. The van der Waals surface area contributed by atoms with Gasteiger partial charge >= 0.3 is 0 Å². The van der Waals surface area contributed by atoms with Crippen molar-refractivity contribution in [3.8, 4) is 10.6 Å². The third-order valence-corrected chi connectivity index (χ3v) is 6.17. The monoisotopic (exact) mass is 396 g/mol. The maximum Gasteiger partial charge on any atom is 0.229 e. The number of rotatable bonds is 4. The van der Waals surface area contributed by atoms with Crippen molar-refractivity contribution in [3.05, 3.63) is 75.8 Å². The van der Waals surface area contributed by atoms with E-state index in [0.717, 1.165) is 46.2 Å². The van der Waals surface area contributed by atoms with Gasteiger partial charge in [-0.05, 0) is 43.5 Å². The van der Waals surface area contributed by atoms with Gasteiger partial charge in [-0.2, -0.15) is 0 Å². The Labute approximate surface area is 168 Å². The largest absolute Gasteiger partial charge is 0.335 e. The van der Waals surface area contributed by atoms with E-state index < -0.39 is 0 Å². The van der Waals surface area contributed by atoms with E-state index in [4.69, 9.17) is 16.6 Å². The molecule has 1 aromatic heterocycles. The lowest BCUT2D eigenvalue weighted by Gasteiger charge is -2.25. The van der Waals surface area contributed by atoms with Crippen LogP contribution in [0.5, 0.6) is 0 Å². The van der Waals surface area contributed by atoms with E-state index in [1.54, 1.807) is 11.3 Å². The summed E-state index contributed by atoms with van der Waals surface area (Å²) >= 11 is 7.60. The summed E-state index contributed by atoms with van der Waals surface area (Å²) in [5.74, 6) is 0.147. The Morgan fingerprint density at radius 1 is 1.26 bits per heavy atom. The molecule has 1 saturated heterocycles. The molecule has 1 unspecified atom stereocenters. The van der Waals surface area contributed by atoms with Gasteiger partial charge in [0, 0.05) is 22.5 Å². The smallest absolute Gasteiger partial charge is 0.229 e. The fraction of sp³-hybridized carbons (Fsp3) is 0.273. The SMILES string of the molecule is Cc1cccc(-c2nc(CC(=O)N3CCCC3c3ccc(Cl)cc3)cs2)c1. The van der Waals surface area contributed by atoms with Crippen LogP contribution in [0.15, 0.2) is 53.9 Å². The quantitative estimate of drug-likeness (QED) is 0.568. The predicted molar refractivity (Wildman–Crippen MR) is 111 cm³/mol. The standard InChI is InChI=1S/C22H21ClN2OS/c1-15-4-2-5-17(12-15)22-24-19(14-27-22)13-21(26)25-11-3-6-20(25)16-7-9-18(23)10-8-16/h2,4-5,7-10,12,14,20H,3,6,11,13H2,1H3. The Morgan fingerprint density at radius 2 is 2.07 bits per heavy atom. The molecule has 0 bridgehead atoms. The summed E-state index contributed by atoms with van der Waals surface area (Å²) in [5, 5.41) is 3.70. The molecule has 2 aromatic carbocycles. The van der Waals surface area contributed by atoms with Crippen molar-refractivity contribution in [3.63, 3.8) is 0 Å². The van der Waals surface area contributed by atoms with Gasteiger partial charge in [0.2, 0.25) is 5.91 Å². The van der Waals surface area contributed by atoms with E-state index in [0.29, 0.717) is 6.42 Å². The van der Waals surface area contributed by atoms with Crippen LogP contribution in [-0.4, -0.2) is 22.3 Å². The molecular formula is C22H21ClN2OS. The highest BCUT2D eigenvalue weighted by Crippen LogP contribution is 2.33. The van der Waals surface area contributed by atoms with Crippen LogP contribution in [0.4, 0.5) is 0 Å². The zero-order valence-corrected chi connectivity index (χ0v) is 16.8. The minimum absolute atomic E-state index is 0.143. The van der Waals surface area contributed by atoms with Crippen LogP contribution < -0.4 is 0 Å². The highest BCUT2D eigenvalue weighted by molar-refractivity contribution is 7.13. The van der Waals surface area contributed by atoms with E-state index in [1.807, 2.05) is 40.6 Å². The van der Waals surface area contributed by atoms with Crippen molar-refractivity contribution in [1.29, 1.82) is 0 Å². The highest BCUT2D eigenvalue weighted by Gasteiger charge is 2.30. The van der Waals surface area contributed by atoms with Gasteiger partial charge in [0.1, 0.15) is 5.01 Å². The Kier molecular flexibility index (Phi) is 5.28. The van der Waals surface area contributed by atoms with Crippen LogP contribution in [-0.2, 0) is 11.2 Å². The maximum atomic E-state index is 12.9. The molecule has 0 saturated carbocycles. The molecule has 1 amide bonds. The van der Waals surface area contributed by atoms with Gasteiger partial charge in [0.15, 0.2) is 0 Å². The third kappa shape index (κ3) is 4.07. The summed E-state index contributed by atoms with van der Waals surface area (Å²) in [7, 11) is 0. The van der Waals surface area contributed by atoms with E-state index >= 15 is 0 Å². The van der Waals surface area contributed by atoms with Crippen LogP contribution in [0.3, 0.4) is 0 Å². The molecule has 1 aliphatic rings. The van der Waals surface area contributed by atoms with Gasteiger partial charge < -0.3 is 4.90 Å². The average molecular weight is 397 g/mol. The van der Waals surface area contributed by atoms with E-state index in [2.05, 4.69) is 25.1 Å². The first-order valence-corrected chi connectivity index (χ1v) is 10.4. The Balaban J connectivity index is 1.48. The van der Waals surface area contributed by atoms with Crippen LogP contribution in [0.25, 0.3) is 10.6 Å². The van der Waals surface area contributed by atoms with Gasteiger partial charge in [-0.1, -0.05) is 47.5 Å². The van der Waals surface area contributed by atoms with Gasteiger partial charge in [-0.3, -0.25) is 4.79 Å². The third-order valence-electron chi connectivity index (χ3n) is 4.98. The molecule has 3 nitrogen and oxygen atoms in total. The Hall–Kier alpha value is -2.17. The van der Waals surface area contributed by atoms with Crippen LogP contribution in [0.1, 0.15) is 35.7 Å². The lowest BCUT2D eigenvalue weighted by molar-refractivity contribution is -0.131. The Morgan fingerprint density at radius 3 is 2.85 bits per heavy atom. The summed E-state index contributed by atoms with van der Waals surface area (Å²) in [6, 6.07) is 16.3. The molecule has 1 fully saturated rings. The highest BCUT2D eigenvalue weighted by atomic mass is 35.5. The van der Waals surface area contributed by atoms with Crippen molar-refractivity contribution in [1.82, 2.24) is 9.88 Å². The zero-order valence-electron chi connectivity index (χ0n) is 15.2. The van der Waals surface area contributed by atoms with Crippen LogP contribution in [0, 0.1) is 6.92 Å². The van der Waals surface area contributed by atoms with Gasteiger partial charge in [-0.25, -0.2) is 4.98 Å². The van der Waals surface area contributed by atoms with E-state index in [-0.39, 0.29) is 11.9 Å². The molecule has 138 valence electrons.